The van der Waals surface area contributed by atoms with E-state index in [4.69, 9.17) is 0 Å². The zero-order valence-corrected chi connectivity index (χ0v) is 11.1. The normalized spacial score (nSPS) is 18.3. The minimum absolute atomic E-state index is 0.152. The summed E-state index contributed by atoms with van der Waals surface area (Å²) in [6.45, 7) is 2.65. The Labute approximate surface area is 112 Å². The highest BCUT2D eigenvalue weighted by Gasteiger charge is 2.18. The van der Waals surface area contributed by atoms with Crippen molar-refractivity contribution in [2.45, 2.75) is 25.5 Å². The monoisotopic (exact) mass is 262 g/mol. The van der Waals surface area contributed by atoms with Crippen LogP contribution in [0.3, 0.4) is 0 Å². The first-order valence-corrected chi connectivity index (χ1v) is 6.77. The Kier molecular flexibility index (Phi) is 3.29. The summed E-state index contributed by atoms with van der Waals surface area (Å²) in [6.07, 6.45) is 3.59. The Hall–Kier alpha value is -1.39. The molecule has 0 unspecified atom stereocenters. The zero-order chi connectivity index (χ0) is 13.4. The molecule has 3 nitrogen and oxygen atoms in total. The second-order valence-electron chi connectivity index (χ2n) is 5.43. The van der Waals surface area contributed by atoms with Gasteiger partial charge in [0.1, 0.15) is 5.82 Å². The molecule has 19 heavy (non-hydrogen) atoms. The van der Waals surface area contributed by atoms with Gasteiger partial charge in [-0.2, -0.15) is 0 Å². The fourth-order valence-corrected chi connectivity index (χ4v) is 2.89. The molecule has 0 saturated carbocycles. The number of aromatic nitrogens is 1. The Morgan fingerprint density at radius 3 is 2.79 bits per heavy atom. The van der Waals surface area contributed by atoms with Crippen LogP contribution in [0, 0.1) is 5.82 Å². The number of nitrogens with zero attached hydrogens (tertiary/aromatic N) is 2. The molecule has 1 fully saturated rings. The van der Waals surface area contributed by atoms with E-state index in [1.165, 1.54) is 6.07 Å². The smallest absolute Gasteiger partial charge is 0.123 e. The summed E-state index contributed by atoms with van der Waals surface area (Å²) in [5.41, 5.74) is 2.22. The molecular weight excluding hydrogens is 243 g/mol. The molecule has 3 rings (SSSR count). The predicted molar refractivity (Wildman–Crippen MR) is 73.4 cm³/mol. The largest absolute Gasteiger partial charge is 0.393 e. The molecule has 0 aliphatic carbocycles. The summed E-state index contributed by atoms with van der Waals surface area (Å²) < 4.78 is 15.4. The molecular formula is C15H19FN2O. The van der Waals surface area contributed by atoms with Gasteiger partial charge < -0.3 is 9.67 Å². The highest BCUT2D eigenvalue weighted by Crippen LogP contribution is 2.24. The molecule has 1 aliphatic heterocycles. The summed E-state index contributed by atoms with van der Waals surface area (Å²) in [5.74, 6) is -0.186. The molecule has 0 atom stereocenters. The molecule has 1 N–H and O–H groups in total. The van der Waals surface area contributed by atoms with Gasteiger partial charge >= 0.3 is 0 Å². The van der Waals surface area contributed by atoms with Crippen molar-refractivity contribution in [3.8, 4) is 0 Å². The average Bonchev–Trinajstić information content (AvgIpc) is 2.69. The summed E-state index contributed by atoms with van der Waals surface area (Å²) in [5, 5.41) is 10.5. The molecule has 0 bridgehead atoms. The maximum Gasteiger partial charge on any atom is 0.123 e. The van der Waals surface area contributed by atoms with Crippen molar-refractivity contribution in [2.75, 3.05) is 13.1 Å². The number of aliphatic hydroxyl groups excluding tert-OH is 1. The number of hydrogen-bond donors (Lipinski definition) is 1. The number of halogens is 1. The molecule has 2 heterocycles. The molecule has 4 heteroatoms. The van der Waals surface area contributed by atoms with Crippen molar-refractivity contribution < 1.29 is 9.50 Å². The van der Waals surface area contributed by atoms with Crippen molar-refractivity contribution in [3.63, 3.8) is 0 Å². The zero-order valence-electron chi connectivity index (χ0n) is 11.1. The standard InChI is InChI=1S/C15H19FN2O/c1-17-9-11(10-18-6-4-13(19)5-7-18)14-8-12(16)2-3-15(14)17/h2-3,8-9,13,19H,4-7,10H2,1H3. The highest BCUT2D eigenvalue weighted by molar-refractivity contribution is 5.84. The van der Waals surface area contributed by atoms with Crippen molar-refractivity contribution in [2.24, 2.45) is 7.05 Å². The SMILES string of the molecule is Cn1cc(CN2CCC(O)CC2)c2cc(F)ccc21. The summed E-state index contributed by atoms with van der Waals surface area (Å²) in [4.78, 5) is 2.33. The van der Waals surface area contributed by atoms with Gasteiger partial charge in [0.25, 0.3) is 0 Å². The van der Waals surface area contributed by atoms with Crippen LogP contribution in [0.2, 0.25) is 0 Å². The van der Waals surface area contributed by atoms with Gasteiger partial charge in [-0.25, -0.2) is 4.39 Å². The fraction of sp³-hybridized carbons (Fsp3) is 0.467. The van der Waals surface area contributed by atoms with Crippen LogP contribution in [0.1, 0.15) is 18.4 Å². The molecule has 0 spiro atoms. The van der Waals surface area contributed by atoms with Crippen LogP contribution in [-0.4, -0.2) is 33.8 Å². The lowest BCUT2D eigenvalue weighted by Crippen LogP contribution is -2.35. The second-order valence-corrected chi connectivity index (χ2v) is 5.43. The van der Waals surface area contributed by atoms with Gasteiger partial charge in [-0.3, -0.25) is 4.90 Å². The van der Waals surface area contributed by atoms with Gasteiger partial charge in [0.15, 0.2) is 0 Å². The minimum Gasteiger partial charge on any atom is -0.393 e. The van der Waals surface area contributed by atoms with Crippen LogP contribution in [-0.2, 0) is 13.6 Å². The summed E-state index contributed by atoms with van der Waals surface area (Å²) in [7, 11) is 1.99. The molecule has 1 aromatic carbocycles. The van der Waals surface area contributed by atoms with Crippen LogP contribution in [0.25, 0.3) is 10.9 Å². The van der Waals surface area contributed by atoms with E-state index in [0.717, 1.165) is 48.9 Å². The van der Waals surface area contributed by atoms with Gasteiger partial charge in [0, 0.05) is 43.8 Å². The Balaban J connectivity index is 1.86. The van der Waals surface area contributed by atoms with E-state index in [1.54, 1.807) is 6.07 Å². The van der Waals surface area contributed by atoms with Gasteiger partial charge in [-0.05, 0) is 36.6 Å². The van der Waals surface area contributed by atoms with E-state index in [-0.39, 0.29) is 11.9 Å². The first-order chi connectivity index (χ1) is 9.13. The topological polar surface area (TPSA) is 28.4 Å². The van der Waals surface area contributed by atoms with Gasteiger partial charge in [-0.1, -0.05) is 0 Å². The van der Waals surface area contributed by atoms with E-state index in [0.29, 0.717) is 0 Å². The van der Waals surface area contributed by atoms with E-state index < -0.39 is 0 Å². The van der Waals surface area contributed by atoms with Crippen LogP contribution in [0.15, 0.2) is 24.4 Å². The highest BCUT2D eigenvalue weighted by atomic mass is 19.1. The van der Waals surface area contributed by atoms with E-state index in [2.05, 4.69) is 11.1 Å². The fourth-order valence-electron chi connectivity index (χ4n) is 2.89. The molecule has 0 radical (unpaired) electrons. The quantitative estimate of drug-likeness (QED) is 0.899. The van der Waals surface area contributed by atoms with Crippen molar-refractivity contribution in [1.82, 2.24) is 9.47 Å². The van der Waals surface area contributed by atoms with Gasteiger partial charge in [0.2, 0.25) is 0 Å². The Morgan fingerprint density at radius 2 is 2.05 bits per heavy atom. The minimum atomic E-state index is -0.186. The number of aliphatic hydroxyl groups is 1. The predicted octanol–water partition coefficient (Wildman–Crippen LogP) is 2.27. The van der Waals surface area contributed by atoms with Crippen LogP contribution >= 0.6 is 0 Å². The summed E-state index contributed by atoms with van der Waals surface area (Å²) >= 11 is 0. The Morgan fingerprint density at radius 1 is 1.32 bits per heavy atom. The third kappa shape index (κ3) is 2.51. The summed E-state index contributed by atoms with van der Waals surface area (Å²) in [6, 6.07) is 4.95. The number of fused-ring (bicyclic) bond motifs is 1. The maximum absolute atomic E-state index is 13.4. The van der Waals surface area contributed by atoms with Crippen LogP contribution in [0.5, 0.6) is 0 Å². The Bertz CT molecular complexity index is 585. The number of likely N-dealkylation sites (tertiary alicyclic amines) is 1. The molecule has 1 saturated heterocycles. The average molecular weight is 262 g/mol. The second kappa shape index (κ2) is 4.94. The molecule has 1 aromatic heterocycles. The van der Waals surface area contributed by atoms with Crippen molar-refractivity contribution >= 4 is 10.9 Å². The van der Waals surface area contributed by atoms with E-state index >= 15 is 0 Å². The number of aryl methyl sites for hydroxylation is 1. The van der Waals surface area contributed by atoms with E-state index in [9.17, 15) is 9.50 Å². The van der Waals surface area contributed by atoms with Crippen molar-refractivity contribution in [3.05, 3.63) is 35.8 Å². The molecule has 2 aromatic rings. The lowest BCUT2D eigenvalue weighted by Gasteiger charge is -2.29. The lowest BCUT2D eigenvalue weighted by molar-refractivity contribution is 0.0794. The van der Waals surface area contributed by atoms with Crippen LogP contribution in [0.4, 0.5) is 4.39 Å². The number of hydrogen-bond acceptors (Lipinski definition) is 2. The third-order valence-electron chi connectivity index (χ3n) is 3.99. The number of piperidine rings is 1. The molecule has 102 valence electrons. The number of rotatable bonds is 2. The van der Waals surface area contributed by atoms with Crippen LogP contribution < -0.4 is 0 Å². The first-order valence-electron chi connectivity index (χ1n) is 6.77. The van der Waals surface area contributed by atoms with Gasteiger partial charge in [0.05, 0.1) is 6.10 Å². The third-order valence-corrected chi connectivity index (χ3v) is 3.99. The maximum atomic E-state index is 13.4. The lowest BCUT2D eigenvalue weighted by atomic mass is 10.1. The first kappa shape index (κ1) is 12.6. The van der Waals surface area contributed by atoms with Crippen molar-refractivity contribution in [1.29, 1.82) is 0 Å². The molecule has 1 aliphatic rings. The van der Waals surface area contributed by atoms with Gasteiger partial charge in [-0.15, -0.1) is 0 Å². The number of benzene rings is 1. The molecule has 0 amide bonds. The van der Waals surface area contributed by atoms with E-state index in [1.807, 2.05) is 17.7 Å².